The molecule has 0 unspecified atom stereocenters. The molecule has 2 aromatic carbocycles. The smallest absolute Gasteiger partial charge is 0.270 e. The van der Waals surface area contributed by atoms with E-state index in [4.69, 9.17) is 4.74 Å². The third-order valence-corrected chi connectivity index (χ3v) is 4.56. The number of hydrogen-bond acceptors (Lipinski definition) is 5. The van der Waals surface area contributed by atoms with Crippen LogP contribution in [0.1, 0.15) is 31.1 Å². The van der Waals surface area contributed by atoms with Crippen molar-refractivity contribution in [3.63, 3.8) is 0 Å². The van der Waals surface area contributed by atoms with Crippen molar-refractivity contribution in [2.45, 2.75) is 20.8 Å². The number of carbonyl (C=O) groups is 2. The van der Waals surface area contributed by atoms with Crippen molar-refractivity contribution >= 4 is 28.9 Å². The first-order valence-corrected chi connectivity index (χ1v) is 8.87. The topological polar surface area (TPSA) is 102 Å². The van der Waals surface area contributed by atoms with E-state index >= 15 is 0 Å². The summed E-state index contributed by atoms with van der Waals surface area (Å²) in [6.07, 6.45) is 0. The summed E-state index contributed by atoms with van der Waals surface area (Å²) in [6, 6.07) is 10.6. The molecule has 1 heterocycles. The van der Waals surface area contributed by atoms with Crippen molar-refractivity contribution < 1.29 is 19.2 Å². The Labute approximate surface area is 162 Å². The van der Waals surface area contributed by atoms with Gasteiger partial charge in [-0.15, -0.1) is 0 Å². The van der Waals surface area contributed by atoms with Gasteiger partial charge in [0.2, 0.25) is 5.91 Å². The molecule has 28 heavy (non-hydrogen) atoms. The molecule has 8 heteroatoms. The number of hydrogen-bond donors (Lipinski definition) is 1. The summed E-state index contributed by atoms with van der Waals surface area (Å²) in [5.74, 6) is 0.000716. The lowest BCUT2D eigenvalue weighted by Gasteiger charge is -2.26. The van der Waals surface area contributed by atoms with Gasteiger partial charge < -0.3 is 15.0 Å². The van der Waals surface area contributed by atoms with Crippen LogP contribution in [0.2, 0.25) is 0 Å². The Kier molecular flexibility index (Phi) is 5.04. The van der Waals surface area contributed by atoms with Crippen LogP contribution in [0.3, 0.4) is 0 Å². The number of nitro groups is 1. The number of nitrogens with zero attached hydrogens (tertiary/aromatic N) is 2. The number of benzene rings is 2. The normalized spacial score (nSPS) is 15.2. The average molecular weight is 383 g/mol. The summed E-state index contributed by atoms with van der Waals surface area (Å²) in [6.45, 7) is 6.26. The molecule has 0 aromatic heterocycles. The number of rotatable bonds is 4. The van der Waals surface area contributed by atoms with Crippen molar-refractivity contribution in [1.82, 2.24) is 0 Å². The van der Waals surface area contributed by atoms with Gasteiger partial charge in [-0.05, 0) is 39.0 Å². The van der Waals surface area contributed by atoms with Gasteiger partial charge in [-0.2, -0.15) is 0 Å². The van der Waals surface area contributed by atoms with Gasteiger partial charge in [0.1, 0.15) is 12.4 Å². The Bertz CT molecular complexity index is 955. The van der Waals surface area contributed by atoms with Gasteiger partial charge in [-0.25, -0.2) is 0 Å². The second-order valence-electron chi connectivity index (χ2n) is 7.17. The molecule has 2 amide bonds. The fraction of sp³-hybridized carbons (Fsp3) is 0.300. The summed E-state index contributed by atoms with van der Waals surface area (Å²) in [4.78, 5) is 37.2. The highest BCUT2D eigenvalue weighted by atomic mass is 16.6. The van der Waals surface area contributed by atoms with Crippen molar-refractivity contribution in [1.29, 1.82) is 0 Å². The fourth-order valence-corrected chi connectivity index (χ4v) is 3.00. The molecule has 1 aliphatic rings. The molecule has 2 aromatic rings. The third kappa shape index (κ3) is 3.66. The minimum Gasteiger partial charge on any atom is -0.490 e. The van der Waals surface area contributed by atoms with E-state index < -0.39 is 16.2 Å². The zero-order chi connectivity index (χ0) is 20.5. The fourth-order valence-electron chi connectivity index (χ4n) is 3.00. The largest absolute Gasteiger partial charge is 0.490 e. The summed E-state index contributed by atoms with van der Waals surface area (Å²) in [7, 11) is 0. The predicted octanol–water partition coefficient (Wildman–Crippen LogP) is 3.62. The van der Waals surface area contributed by atoms with Crippen LogP contribution in [0.15, 0.2) is 42.5 Å². The zero-order valence-corrected chi connectivity index (χ0v) is 15.9. The Balaban J connectivity index is 1.87. The van der Waals surface area contributed by atoms with Crippen LogP contribution < -0.4 is 15.0 Å². The molecule has 0 bridgehead atoms. The molecule has 3 rings (SSSR count). The van der Waals surface area contributed by atoms with E-state index in [9.17, 15) is 19.7 Å². The Morgan fingerprint density at radius 2 is 2.04 bits per heavy atom. The number of fused-ring (bicyclic) bond motifs is 1. The summed E-state index contributed by atoms with van der Waals surface area (Å²) >= 11 is 0. The van der Waals surface area contributed by atoms with Crippen LogP contribution in [0, 0.1) is 15.5 Å². The maximum Gasteiger partial charge on any atom is 0.270 e. The molecule has 1 aliphatic heterocycles. The molecule has 0 radical (unpaired) electrons. The van der Waals surface area contributed by atoms with Crippen LogP contribution >= 0.6 is 0 Å². The molecule has 0 saturated carbocycles. The van der Waals surface area contributed by atoms with Crippen molar-refractivity contribution in [3.05, 3.63) is 58.1 Å². The SMILES string of the molecule is CCN1C(=O)C(C)(C)COc2cc(NC(=O)c3cccc([N+](=O)[O-])c3)ccc21. The van der Waals surface area contributed by atoms with Gasteiger partial charge in [-0.3, -0.25) is 19.7 Å². The quantitative estimate of drug-likeness (QED) is 0.642. The molecule has 0 atom stereocenters. The van der Waals surface area contributed by atoms with Gasteiger partial charge in [0.25, 0.3) is 11.6 Å². The van der Waals surface area contributed by atoms with Crippen LogP contribution in [0.4, 0.5) is 17.1 Å². The molecule has 0 spiro atoms. The molecule has 146 valence electrons. The van der Waals surface area contributed by atoms with E-state index in [0.29, 0.717) is 23.7 Å². The standard InChI is InChI=1S/C20H21N3O5/c1-4-22-16-9-8-14(11-17(16)28-12-20(2,3)19(22)25)21-18(24)13-6-5-7-15(10-13)23(26)27/h5-11H,4,12H2,1-3H3,(H,21,24). The molecule has 0 aliphatic carbocycles. The van der Waals surface area contributed by atoms with E-state index in [-0.39, 0.29) is 23.8 Å². The minimum absolute atomic E-state index is 0.0258. The number of non-ortho nitro benzene ring substituents is 1. The predicted molar refractivity (Wildman–Crippen MR) is 105 cm³/mol. The number of amides is 2. The Morgan fingerprint density at radius 3 is 2.71 bits per heavy atom. The van der Waals surface area contributed by atoms with Crippen molar-refractivity contribution in [2.75, 3.05) is 23.4 Å². The third-order valence-electron chi connectivity index (χ3n) is 4.56. The number of ether oxygens (including phenoxy) is 1. The minimum atomic E-state index is -0.665. The second-order valence-corrected chi connectivity index (χ2v) is 7.17. The highest BCUT2D eigenvalue weighted by Crippen LogP contribution is 2.38. The lowest BCUT2D eigenvalue weighted by Crippen LogP contribution is -2.42. The molecular formula is C20H21N3O5. The molecule has 0 saturated heterocycles. The highest BCUT2D eigenvalue weighted by Gasteiger charge is 2.37. The number of carbonyl (C=O) groups excluding carboxylic acids is 2. The number of nitrogens with one attached hydrogen (secondary N) is 1. The first-order valence-electron chi connectivity index (χ1n) is 8.87. The van der Waals surface area contributed by atoms with E-state index in [0.717, 1.165) is 0 Å². The maximum atomic E-state index is 12.7. The van der Waals surface area contributed by atoms with E-state index in [1.807, 2.05) is 20.8 Å². The number of nitro benzene ring substituents is 1. The van der Waals surface area contributed by atoms with Crippen LogP contribution in [0.25, 0.3) is 0 Å². The zero-order valence-electron chi connectivity index (χ0n) is 15.9. The van der Waals surface area contributed by atoms with Gasteiger partial charge >= 0.3 is 0 Å². The first kappa shape index (κ1) is 19.3. The molecule has 0 fully saturated rings. The van der Waals surface area contributed by atoms with Crippen LogP contribution in [-0.2, 0) is 4.79 Å². The average Bonchev–Trinajstić information content (AvgIpc) is 2.76. The first-order chi connectivity index (χ1) is 13.2. The Hall–Kier alpha value is -3.42. The van der Waals surface area contributed by atoms with Crippen LogP contribution in [-0.4, -0.2) is 29.9 Å². The van der Waals surface area contributed by atoms with E-state index in [1.54, 1.807) is 23.1 Å². The molecular weight excluding hydrogens is 362 g/mol. The number of anilines is 2. The Morgan fingerprint density at radius 1 is 1.29 bits per heavy atom. The van der Waals surface area contributed by atoms with E-state index in [1.165, 1.54) is 24.3 Å². The molecule has 1 N–H and O–H groups in total. The van der Waals surface area contributed by atoms with Gasteiger partial charge in [0.05, 0.1) is 16.0 Å². The highest BCUT2D eigenvalue weighted by molar-refractivity contribution is 6.05. The summed E-state index contributed by atoms with van der Waals surface area (Å²) in [5.41, 5.74) is 0.472. The summed E-state index contributed by atoms with van der Waals surface area (Å²) < 4.78 is 5.84. The van der Waals surface area contributed by atoms with Gasteiger partial charge in [-0.1, -0.05) is 6.07 Å². The lowest BCUT2D eigenvalue weighted by atomic mass is 9.93. The van der Waals surface area contributed by atoms with Gasteiger partial charge in [0, 0.05) is 36.0 Å². The molecule has 8 nitrogen and oxygen atoms in total. The monoisotopic (exact) mass is 383 g/mol. The maximum absolute atomic E-state index is 12.7. The lowest BCUT2D eigenvalue weighted by molar-refractivity contribution is -0.384. The van der Waals surface area contributed by atoms with Crippen molar-refractivity contribution in [3.8, 4) is 5.75 Å². The van der Waals surface area contributed by atoms with Crippen LogP contribution in [0.5, 0.6) is 5.75 Å². The van der Waals surface area contributed by atoms with Crippen molar-refractivity contribution in [2.24, 2.45) is 5.41 Å². The van der Waals surface area contributed by atoms with E-state index in [2.05, 4.69) is 5.32 Å². The van der Waals surface area contributed by atoms with Gasteiger partial charge in [0.15, 0.2) is 0 Å². The second kappa shape index (κ2) is 7.30. The summed E-state index contributed by atoms with van der Waals surface area (Å²) in [5, 5.41) is 13.6.